The van der Waals surface area contributed by atoms with Crippen LogP contribution in [-0.2, 0) is 19.1 Å². The van der Waals surface area contributed by atoms with Crippen molar-refractivity contribution in [2.45, 2.75) is 63.7 Å². The van der Waals surface area contributed by atoms with Gasteiger partial charge < -0.3 is 24.5 Å². The van der Waals surface area contributed by atoms with Crippen molar-refractivity contribution in [3.05, 3.63) is 25.3 Å². The summed E-state index contributed by atoms with van der Waals surface area (Å²) in [5.74, 6) is -1.86. The van der Waals surface area contributed by atoms with E-state index >= 15 is 0 Å². The number of carbonyl (C=O) groups excluding carboxylic acids is 3. The molecule has 3 heterocycles. The maximum atomic E-state index is 13.8. The summed E-state index contributed by atoms with van der Waals surface area (Å²) < 4.78 is 6.45. The number of hydrogen-bond acceptors (Lipinski definition) is 5. The third-order valence-electron chi connectivity index (χ3n) is 7.26. The lowest BCUT2D eigenvalue weighted by Crippen LogP contribution is -2.56. The molecule has 2 bridgehead atoms. The summed E-state index contributed by atoms with van der Waals surface area (Å²) in [6.07, 6.45) is 6.78. The summed E-state index contributed by atoms with van der Waals surface area (Å²) in [5, 5.41) is 9.70. The van der Waals surface area contributed by atoms with Crippen LogP contribution in [0.5, 0.6) is 0 Å². The molecule has 184 valence electrons. The number of aliphatic hydroxyl groups is 1. The van der Waals surface area contributed by atoms with Gasteiger partial charge in [-0.25, -0.2) is 0 Å². The van der Waals surface area contributed by atoms with Crippen molar-refractivity contribution in [1.29, 1.82) is 0 Å². The van der Waals surface area contributed by atoms with Gasteiger partial charge in [0.05, 0.1) is 24.5 Å². The molecule has 0 aliphatic carbocycles. The van der Waals surface area contributed by atoms with Crippen LogP contribution in [0.1, 0.15) is 46.0 Å². The topological polar surface area (TPSA) is 90.4 Å². The van der Waals surface area contributed by atoms with Gasteiger partial charge in [0.15, 0.2) is 0 Å². The smallest absolute Gasteiger partial charge is 0.248 e. The highest BCUT2D eigenvalue weighted by atomic mass is 16.5. The van der Waals surface area contributed by atoms with Gasteiger partial charge in [-0.15, -0.1) is 13.2 Å². The van der Waals surface area contributed by atoms with Crippen LogP contribution < -0.4 is 0 Å². The summed E-state index contributed by atoms with van der Waals surface area (Å²) >= 11 is 0. The van der Waals surface area contributed by atoms with Gasteiger partial charge in [0, 0.05) is 32.7 Å². The van der Waals surface area contributed by atoms with Crippen molar-refractivity contribution in [3.63, 3.8) is 0 Å². The summed E-state index contributed by atoms with van der Waals surface area (Å²) in [5.41, 5.74) is -1.02. The van der Waals surface area contributed by atoms with Gasteiger partial charge in [-0.05, 0) is 25.7 Å². The molecular weight excluding hydrogens is 422 g/mol. The third-order valence-corrected chi connectivity index (χ3v) is 7.26. The van der Waals surface area contributed by atoms with Crippen LogP contribution in [0, 0.1) is 11.8 Å². The first-order valence-electron chi connectivity index (χ1n) is 12.3. The molecule has 3 rings (SSSR count). The van der Waals surface area contributed by atoms with Gasteiger partial charge in [0.2, 0.25) is 17.7 Å². The number of hydrogen-bond donors (Lipinski definition) is 1. The number of β-amino-alcohol motifs (C(OH)–C–C–N with tert-alkyl or cyclic N) is 1. The van der Waals surface area contributed by atoms with Crippen molar-refractivity contribution in [1.82, 2.24) is 14.7 Å². The van der Waals surface area contributed by atoms with E-state index in [9.17, 15) is 19.5 Å². The minimum atomic E-state index is -1.02. The Hall–Kier alpha value is -2.19. The largest absolute Gasteiger partial charge is 0.395 e. The normalized spacial score (nSPS) is 29.8. The number of unbranched alkanes of at least 4 members (excludes halogenated alkanes) is 1. The summed E-state index contributed by atoms with van der Waals surface area (Å²) in [4.78, 5) is 46.0. The van der Waals surface area contributed by atoms with Crippen molar-refractivity contribution >= 4 is 17.7 Å². The predicted octanol–water partition coefficient (Wildman–Crippen LogP) is 1.59. The molecule has 0 aromatic heterocycles. The zero-order valence-corrected chi connectivity index (χ0v) is 20.1. The van der Waals surface area contributed by atoms with E-state index in [2.05, 4.69) is 20.1 Å². The summed E-state index contributed by atoms with van der Waals surface area (Å²) in [6, 6.07) is -0.833. The minimum absolute atomic E-state index is 0.0451. The highest BCUT2D eigenvalue weighted by Gasteiger charge is 2.74. The maximum Gasteiger partial charge on any atom is 0.248 e. The second-order valence-corrected chi connectivity index (χ2v) is 9.31. The Balaban J connectivity index is 1.98. The van der Waals surface area contributed by atoms with E-state index in [1.54, 1.807) is 22.0 Å². The fraction of sp³-hybridized carbons (Fsp3) is 0.720. The number of ether oxygens (including phenoxy) is 1. The molecular formula is C25H39N3O5. The summed E-state index contributed by atoms with van der Waals surface area (Å²) in [7, 11) is 0. The predicted molar refractivity (Wildman–Crippen MR) is 125 cm³/mol. The fourth-order valence-electron chi connectivity index (χ4n) is 5.96. The number of rotatable bonds is 13. The fourth-order valence-corrected chi connectivity index (χ4v) is 5.96. The van der Waals surface area contributed by atoms with Gasteiger partial charge in [0.1, 0.15) is 11.6 Å². The van der Waals surface area contributed by atoms with Crippen LogP contribution in [0.2, 0.25) is 0 Å². The van der Waals surface area contributed by atoms with Crippen LogP contribution in [0.4, 0.5) is 0 Å². The molecule has 3 fully saturated rings. The van der Waals surface area contributed by atoms with Gasteiger partial charge in [-0.3, -0.25) is 14.4 Å². The maximum absolute atomic E-state index is 13.8. The second kappa shape index (κ2) is 10.8. The highest BCUT2D eigenvalue weighted by Crippen LogP contribution is 2.58. The van der Waals surface area contributed by atoms with E-state index in [4.69, 9.17) is 4.74 Å². The van der Waals surface area contributed by atoms with Crippen LogP contribution in [-0.4, -0.2) is 94.6 Å². The van der Waals surface area contributed by atoms with E-state index in [0.29, 0.717) is 39.0 Å². The van der Waals surface area contributed by atoms with E-state index in [1.165, 1.54) is 4.90 Å². The first-order valence-corrected chi connectivity index (χ1v) is 12.3. The number of amides is 3. The lowest BCUT2D eigenvalue weighted by Gasteiger charge is -2.36. The standard InChI is InChI=1S/C25H39N3O5/c1-5-9-15-27(14-8-4)24(32)21-25-11-10-18(33-25)19(20(25)23(31)28(21)16-17-29)22(30)26(12-6-2)13-7-3/h6,8,18-21,29H,2,4-5,7,9-17H2,1,3H3/t18-,19+,20+,21?,25?/m1/s1. The third kappa shape index (κ3) is 4.35. The average Bonchev–Trinajstić information content (AvgIpc) is 3.44. The average molecular weight is 462 g/mol. The number of aliphatic hydroxyl groups excluding tert-OH is 1. The Morgan fingerprint density at radius 2 is 1.82 bits per heavy atom. The lowest BCUT2D eigenvalue weighted by molar-refractivity contribution is -0.149. The molecule has 33 heavy (non-hydrogen) atoms. The Bertz CT molecular complexity index is 771. The lowest BCUT2D eigenvalue weighted by atomic mass is 9.70. The molecule has 8 heteroatoms. The van der Waals surface area contributed by atoms with Crippen molar-refractivity contribution in [2.24, 2.45) is 11.8 Å². The molecule has 0 aromatic rings. The molecule has 3 saturated heterocycles. The number of likely N-dealkylation sites (tertiary alicyclic amines) is 1. The zero-order valence-electron chi connectivity index (χ0n) is 20.1. The Morgan fingerprint density at radius 1 is 1.15 bits per heavy atom. The number of nitrogens with zero attached hydrogens (tertiary/aromatic N) is 3. The Morgan fingerprint density at radius 3 is 2.39 bits per heavy atom. The van der Waals surface area contributed by atoms with Gasteiger partial charge >= 0.3 is 0 Å². The van der Waals surface area contributed by atoms with Crippen LogP contribution in [0.25, 0.3) is 0 Å². The van der Waals surface area contributed by atoms with Crippen molar-refractivity contribution in [2.75, 3.05) is 39.3 Å². The number of fused-ring (bicyclic) bond motifs is 1. The molecule has 0 aromatic carbocycles. The van der Waals surface area contributed by atoms with E-state index < -0.39 is 23.5 Å². The molecule has 1 N–H and O–H groups in total. The van der Waals surface area contributed by atoms with Gasteiger partial charge in [0.25, 0.3) is 0 Å². The SMILES string of the molecule is C=CCN(CCCC)C(=O)C1N(CCO)C(=O)[C@@H]2[C@@H](C(=O)N(CC=C)CCC)[C@H]3CCC12O3. The van der Waals surface area contributed by atoms with E-state index in [-0.39, 0.29) is 37.0 Å². The number of carbonyl (C=O) groups is 3. The van der Waals surface area contributed by atoms with Crippen molar-refractivity contribution < 1.29 is 24.2 Å². The molecule has 2 unspecified atom stereocenters. The Kier molecular flexibility index (Phi) is 8.34. The monoisotopic (exact) mass is 461 g/mol. The summed E-state index contributed by atoms with van der Waals surface area (Å²) in [6.45, 7) is 13.3. The quantitative estimate of drug-likeness (QED) is 0.421. The van der Waals surface area contributed by atoms with Crippen molar-refractivity contribution in [3.8, 4) is 0 Å². The molecule has 3 aliphatic rings. The highest BCUT2D eigenvalue weighted by molar-refractivity contribution is 5.99. The molecule has 0 radical (unpaired) electrons. The van der Waals surface area contributed by atoms with Gasteiger partial charge in [-0.1, -0.05) is 32.4 Å². The first kappa shape index (κ1) is 25.4. The van der Waals surface area contributed by atoms with Gasteiger partial charge in [-0.2, -0.15) is 0 Å². The second-order valence-electron chi connectivity index (χ2n) is 9.31. The molecule has 3 amide bonds. The minimum Gasteiger partial charge on any atom is -0.395 e. The Labute approximate surface area is 197 Å². The molecule has 3 aliphatic heterocycles. The van der Waals surface area contributed by atoms with Crippen LogP contribution in [0.15, 0.2) is 25.3 Å². The zero-order chi connectivity index (χ0) is 24.2. The molecule has 0 saturated carbocycles. The molecule has 8 nitrogen and oxygen atoms in total. The first-order chi connectivity index (χ1) is 15.9. The molecule has 1 spiro atoms. The van der Waals surface area contributed by atoms with E-state index in [0.717, 1.165) is 19.3 Å². The van der Waals surface area contributed by atoms with Crippen LogP contribution in [0.3, 0.4) is 0 Å². The molecule has 5 atom stereocenters. The van der Waals surface area contributed by atoms with Crippen LogP contribution >= 0.6 is 0 Å². The van der Waals surface area contributed by atoms with E-state index in [1.807, 2.05) is 6.92 Å².